The highest BCUT2D eigenvalue weighted by Gasteiger charge is 2.11. The number of H-pyrrole nitrogens is 1. The van der Waals surface area contributed by atoms with E-state index in [1.54, 1.807) is 17.0 Å². The summed E-state index contributed by atoms with van der Waals surface area (Å²) in [6.07, 6.45) is 11.0. The van der Waals surface area contributed by atoms with Gasteiger partial charge in [-0.05, 0) is 50.5 Å². The van der Waals surface area contributed by atoms with Crippen molar-refractivity contribution in [1.29, 1.82) is 0 Å². The number of hydrogen-bond acceptors (Lipinski definition) is 3. The average molecular weight is 294 g/mol. The Kier molecular flexibility index (Phi) is 10.2. The normalized spacial score (nSPS) is 17.1. The van der Waals surface area contributed by atoms with Crippen molar-refractivity contribution in [2.45, 2.75) is 39.2 Å². The summed E-state index contributed by atoms with van der Waals surface area (Å²) in [6, 6.07) is 7.63. The van der Waals surface area contributed by atoms with E-state index >= 15 is 0 Å². The molecule has 0 amide bonds. The number of aliphatic hydroxyl groups excluding tert-OH is 1. The number of aromatic nitrogens is 2. The lowest BCUT2D eigenvalue weighted by Crippen LogP contribution is -2.21. The molecule has 0 saturated carbocycles. The van der Waals surface area contributed by atoms with Gasteiger partial charge in [-0.3, -0.25) is 0 Å². The summed E-state index contributed by atoms with van der Waals surface area (Å²) < 4.78 is 12.2. The highest BCUT2D eigenvalue weighted by atomic mass is 16.7. The molecule has 0 aromatic carbocycles. The van der Waals surface area contributed by atoms with Gasteiger partial charge in [0.15, 0.2) is 6.29 Å². The van der Waals surface area contributed by atoms with E-state index in [2.05, 4.69) is 4.98 Å². The minimum Gasteiger partial charge on any atom is -0.376 e. The van der Waals surface area contributed by atoms with Crippen molar-refractivity contribution in [3.63, 3.8) is 0 Å². The van der Waals surface area contributed by atoms with E-state index in [0.29, 0.717) is 0 Å². The van der Waals surface area contributed by atoms with Gasteiger partial charge in [0.1, 0.15) is 6.73 Å². The smallest absolute Gasteiger partial charge is 0.157 e. The van der Waals surface area contributed by atoms with Crippen LogP contribution in [-0.4, -0.2) is 34.2 Å². The van der Waals surface area contributed by atoms with Gasteiger partial charge in [-0.15, -0.1) is 0 Å². The molecule has 0 bridgehead atoms. The molecule has 5 heteroatoms. The van der Waals surface area contributed by atoms with Crippen LogP contribution in [0.4, 0.5) is 0 Å². The number of hydrogen-bond donors (Lipinski definition) is 2. The van der Waals surface area contributed by atoms with Gasteiger partial charge >= 0.3 is 0 Å². The molecule has 1 unspecified atom stereocenters. The molecule has 3 heterocycles. The van der Waals surface area contributed by atoms with Crippen LogP contribution in [-0.2, 0) is 16.2 Å². The minimum absolute atomic E-state index is 0.0764. The zero-order valence-corrected chi connectivity index (χ0v) is 12.6. The Morgan fingerprint density at radius 1 is 1.19 bits per heavy atom. The molecular weight excluding hydrogens is 268 g/mol. The molecule has 2 aromatic heterocycles. The lowest BCUT2D eigenvalue weighted by Gasteiger charge is -2.21. The predicted octanol–water partition coefficient (Wildman–Crippen LogP) is 3.00. The Labute approximate surface area is 126 Å². The van der Waals surface area contributed by atoms with Gasteiger partial charge in [0.25, 0.3) is 0 Å². The van der Waals surface area contributed by atoms with Crippen molar-refractivity contribution in [2.75, 3.05) is 13.2 Å². The molecule has 1 aliphatic rings. The van der Waals surface area contributed by atoms with Crippen LogP contribution in [0.3, 0.4) is 0 Å². The summed E-state index contributed by atoms with van der Waals surface area (Å²) in [5.41, 5.74) is 0. The maximum Gasteiger partial charge on any atom is 0.157 e. The molecule has 0 aliphatic carbocycles. The fourth-order valence-electron chi connectivity index (χ4n) is 1.77. The van der Waals surface area contributed by atoms with Gasteiger partial charge < -0.3 is 24.1 Å². The third-order valence-corrected chi connectivity index (χ3v) is 2.82. The van der Waals surface area contributed by atoms with E-state index < -0.39 is 0 Å². The molecule has 1 atom stereocenters. The first-order chi connectivity index (χ1) is 10.4. The van der Waals surface area contributed by atoms with E-state index in [4.69, 9.17) is 14.6 Å². The first-order valence-electron chi connectivity index (χ1n) is 7.39. The van der Waals surface area contributed by atoms with Crippen molar-refractivity contribution in [3.8, 4) is 0 Å². The quantitative estimate of drug-likeness (QED) is 0.915. The summed E-state index contributed by atoms with van der Waals surface area (Å²) in [6.45, 7) is 3.72. The molecule has 2 N–H and O–H groups in total. The first kappa shape index (κ1) is 17.5. The van der Waals surface area contributed by atoms with Crippen LogP contribution >= 0.6 is 0 Å². The predicted molar refractivity (Wildman–Crippen MR) is 82.7 cm³/mol. The number of nitrogens with zero attached hydrogens (tertiary/aromatic N) is 1. The zero-order valence-electron chi connectivity index (χ0n) is 12.6. The van der Waals surface area contributed by atoms with Gasteiger partial charge in [-0.1, -0.05) is 0 Å². The molecule has 0 radical (unpaired) electrons. The molecule has 21 heavy (non-hydrogen) atoms. The van der Waals surface area contributed by atoms with E-state index in [1.165, 1.54) is 12.8 Å². The Morgan fingerprint density at radius 3 is 2.29 bits per heavy atom. The van der Waals surface area contributed by atoms with Gasteiger partial charge in [-0.2, -0.15) is 0 Å². The molecule has 118 valence electrons. The molecule has 3 rings (SSSR count). The van der Waals surface area contributed by atoms with Gasteiger partial charge in [0, 0.05) is 38.0 Å². The highest BCUT2D eigenvalue weighted by molar-refractivity contribution is 4.89. The molecule has 1 aliphatic heterocycles. The van der Waals surface area contributed by atoms with E-state index in [-0.39, 0.29) is 13.0 Å². The maximum absolute atomic E-state index is 8.39. The topological polar surface area (TPSA) is 59.4 Å². The fourth-order valence-corrected chi connectivity index (χ4v) is 1.77. The molecule has 5 nitrogen and oxygen atoms in total. The third-order valence-electron chi connectivity index (χ3n) is 2.82. The minimum atomic E-state index is 0.0764. The largest absolute Gasteiger partial charge is 0.376 e. The molecule has 0 spiro atoms. The molecular formula is C16H26N2O3. The van der Waals surface area contributed by atoms with E-state index in [1.807, 2.05) is 43.6 Å². The Hall–Kier alpha value is -1.56. The second-order valence-electron chi connectivity index (χ2n) is 4.48. The standard InChI is InChI=1S/C7H14O2.C5H7NO.C4H5N/c1-2-8-7-5-3-4-6-9-7;7-5-6-3-1-2-4-6;1-2-4-5-3-1/h7H,2-6H2,1H3;1-4,7H,5H2;1-5H. The molecule has 1 fully saturated rings. The van der Waals surface area contributed by atoms with Crippen LogP contribution in [0.25, 0.3) is 0 Å². The highest BCUT2D eigenvalue weighted by Crippen LogP contribution is 2.12. The van der Waals surface area contributed by atoms with Crippen LogP contribution < -0.4 is 0 Å². The SMILES string of the molecule is CCOC1CCCCO1.OCn1cccc1.c1cc[nH]c1. The van der Waals surface area contributed by atoms with Crippen LogP contribution in [0.1, 0.15) is 26.2 Å². The first-order valence-corrected chi connectivity index (χ1v) is 7.39. The van der Waals surface area contributed by atoms with E-state index in [9.17, 15) is 0 Å². The van der Waals surface area contributed by atoms with E-state index in [0.717, 1.165) is 19.6 Å². The lowest BCUT2D eigenvalue weighted by atomic mass is 10.2. The number of rotatable bonds is 3. The van der Waals surface area contributed by atoms with Crippen molar-refractivity contribution in [3.05, 3.63) is 49.1 Å². The van der Waals surface area contributed by atoms with Crippen molar-refractivity contribution in [1.82, 2.24) is 9.55 Å². The monoisotopic (exact) mass is 294 g/mol. The summed E-state index contributed by atoms with van der Waals surface area (Å²) in [4.78, 5) is 2.86. The zero-order chi connectivity index (χ0) is 15.2. The van der Waals surface area contributed by atoms with Gasteiger partial charge in [0.2, 0.25) is 0 Å². The number of aliphatic hydroxyl groups is 1. The number of aromatic amines is 1. The van der Waals surface area contributed by atoms with Crippen molar-refractivity contribution < 1.29 is 14.6 Å². The van der Waals surface area contributed by atoms with Crippen LogP contribution in [0, 0.1) is 0 Å². The molecule has 2 aromatic rings. The summed E-state index contributed by atoms with van der Waals surface area (Å²) in [5, 5.41) is 8.39. The van der Waals surface area contributed by atoms with Crippen molar-refractivity contribution >= 4 is 0 Å². The van der Waals surface area contributed by atoms with Gasteiger partial charge in [-0.25, -0.2) is 0 Å². The van der Waals surface area contributed by atoms with Crippen molar-refractivity contribution in [2.24, 2.45) is 0 Å². The summed E-state index contributed by atoms with van der Waals surface area (Å²) >= 11 is 0. The second kappa shape index (κ2) is 12.2. The Morgan fingerprint density at radius 2 is 1.90 bits per heavy atom. The number of nitrogens with one attached hydrogen (secondary N) is 1. The summed E-state index contributed by atoms with van der Waals surface area (Å²) in [5.74, 6) is 0. The lowest BCUT2D eigenvalue weighted by molar-refractivity contribution is -0.159. The average Bonchev–Trinajstić information content (AvgIpc) is 3.25. The van der Waals surface area contributed by atoms with Gasteiger partial charge in [0.05, 0.1) is 0 Å². The summed E-state index contributed by atoms with van der Waals surface area (Å²) in [7, 11) is 0. The number of ether oxygens (including phenoxy) is 2. The molecule has 1 saturated heterocycles. The Bertz CT molecular complexity index is 375. The second-order valence-corrected chi connectivity index (χ2v) is 4.48. The maximum atomic E-state index is 8.39. The van der Waals surface area contributed by atoms with Crippen LogP contribution in [0.15, 0.2) is 49.1 Å². The van der Waals surface area contributed by atoms with Crippen LogP contribution in [0.5, 0.6) is 0 Å². The fraction of sp³-hybridized carbons (Fsp3) is 0.500. The Balaban J connectivity index is 0.000000164. The van der Waals surface area contributed by atoms with Crippen LogP contribution in [0.2, 0.25) is 0 Å². The third kappa shape index (κ3) is 9.07.